The smallest absolute Gasteiger partial charge is 0.311 e. The topological polar surface area (TPSA) is 349 Å². The molecule has 0 radical (unpaired) electrons. The molecule has 2 bridgehead atoms. The van der Waals surface area contributed by atoms with E-state index in [1.165, 1.54) is 0 Å². The van der Waals surface area contributed by atoms with Crippen LogP contribution < -0.4 is 11.5 Å². The highest BCUT2D eigenvalue weighted by molar-refractivity contribution is 5.71. The van der Waals surface area contributed by atoms with Crippen molar-refractivity contribution in [1.82, 2.24) is 4.90 Å². The van der Waals surface area contributed by atoms with Crippen LogP contribution >= 0.6 is 0 Å². The minimum atomic E-state index is -2.34. The van der Waals surface area contributed by atoms with Gasteiger partial charge in [0.2, 0.25) is 0 Å². The molecule has 0 aromatic heterocycles. The molecule has 0 spiro atoms. The van der Waals surface area contributed by atoms with Gasteiger partial charge in [-0.15, -0.1) is 0 Å². The van der Waals surface area contributed by atoms with Crippen molar-refractivity contribution in [2.24, 2.45) is 29.2 Å². The first-order valence-electron chi connectivity index (χ1n) is 25.2. The Bertz CT molecular complexity index is 1810. The summed E-state index contributed by atoms with van der Waals surface area (Å²) >= 11 is 0. The largest absolute Gasteiger partial charge is 0.481 e. The minimum absolute atomic E-state index is 0.112. The number of ether oxygens (including phenoxy) is 4. The average Bonchev–Trinajstić information content (AvgIpc) is 3.29. The number of aliphatic hydroxyl groups excluding tert-OH is 9. The Morgan fingerprint density at radius 2 is 1.28 bits per heavy atom. The van der Waals surface area contributed by atoms with Crippen molar-refractivity contribution in [2.75, 3.05) is 26.2 Å². The summed E-state index contributed by atoms with van der Waals surface area (Å²) in [6.45, 7) is 8.11. The number of nitrogens with two attached hydrogens (primary N) is 2. The van der Waals surface area contributed by atoms with Crippen molar-refractivity contribution in [3.8, 4) is 0 Å². The van der Waals surface area contributed by atoms with Gasteiger partial charge in [-0.3, -0.25) is 14.5 Å². The number of esters is 1. The highest BCUT2D eigenvalue weighted by Crippen LogP contribution is 2.38. The van der Waals surface area contributed by atoms with Gasteiger partial charge < -0.3 is 86.6 Å². The van der Waals surface area contributed by atoms with E-state index in [1.807, 2.05) is 36.1 Å². The quantitative estimate of drug-likeness (QED) is 0.139. The Balaban J connectivity index is 1.94. The second-order valence-electron chi connectivity index (χ2n) is 19.4. The molecule has 0 unspecified atom stereocenters. The lowest BCUT2D eigenvalue weighted by atomic mass is 9.82. The summed E-state index contributed by atoms with van der Waals surface area (Å²) in [5, 5.41) is 121. The first kappa shape index (κ1) is 62.8. The molecule has 0 aromatic rings. The highest BCUT2D eigenvalue weighted by atomic mass is 16.7. The van der Waals surface area contributed by atoms with Gasteiger partial charge in [0.25, 0.3) is 0 Å². The number of nitrogens with zero attached hydrogens (tertiary/aromatic N) is 1. The molecule has 0 amide bonds. The predicted molar refractivity (Wildman–Crippen MR) is 267 cm³/mol. The molecular weight excluding hydrogens is 939 g/mol. The number of allylic oxidation sites excluding steroid dienone is 12. The summed E-state index contributed by atoms with van der Waals surface area (Å²) in [7, 11) is 0. The van der Waals surface area contributed by atoms with Crippen LogP contribution in [-0.4, -0.2) is 197 Å². The van der Waals surface area contributed by atoms with Crippen LogP contribution in [0.15, 0.2) is 85.1 Å². The molecule has 19 atom stereocenters. The monoisotopic (exact) mass is 1020 g/mol. The Morgan fingerprint density at radius 1 is 0.681 bits per heavy atom. The summed E-state index contributed by atoms with van der Waals surface area (Å²) < 4.78 is 23.8. The second kappa shape index (κ2) is 32.0. The molecule has 0 aromatic carbocycles. The standard InChI is InChI=1S/C52H85N3O17/c1-32-18-15-13-11-9-7-5-6-8-10-12-14-16-19-39(71-51-49(65)46(48(64)35(4)70-51)55(25-23-54)24-17-22-53)29-43-45(50(66)67)42(61)31-52(68,72-43)30-38(58)27-41(60)40(59)21-20-36(56)26-37(57)28-44(62)69-34(3)33(2)47(32)63/h5-16,18-19,32-43,45-49,51,56-61,63-65,68H,17,20-31,53-54H2,1-4H3,(H,66,67)/b6-5+,9-7+,10-8+,13-11+,14-12+,18-15+,19-16+/t32-,33-,34-,35+,36+,37+,38-,39-,40+,41+,42-,43-,45+,46-,47+,48+,49-,51-,52+/m0/s1. The SMILES string of the molecule is C[C@@H]1[C@H](O)[C@@H](C)/C=C/C=C/C=C/C=C/C=C/C=C/C=C/[C@H](O[C@@H]2O[C@H](C)[C@@H](O)[C@H](N(CCN)CCCN)[C@@H]2O)C[C@@H]2O[C@](O)(C[C@@H](O)C[C@@H](O)[C@H](O)CC[C@@H](O)C[C@@H](O)CC(=O)O[C@H]1C)C[C@H](O)[C@H]2C(=O)O. The van der Waals surface area contributed by atoms with Crippen molar-refractivity contribution < 1.29 is 84.7 Å². The van der Waals surface area contributed by atoms with Gasteiger partial charge in [0, 0.05) is 50.6 Å². The van der Waals surface area contributed by atoms with Gasteiger partial charge in [-0.2, -0.15) is 0 Å². The normalized spacial score (nSPS) is 42.3. The number of cyclic esters (lactones) is 1. The van der Waals surface area contributed by atoms with Crippen LogP contribution in [0.3, 0.4) is 0 Å². The number of rotatable bonds is 9. The Hall–Kier alpha value is -3.52. The summed E-state index contributed by atoms with van der Waals surface area (Å²) in [4.78, 5) is 27.2. The third-order valence-electron chi connectivity index (χ3n) is 13.4. The molecule has 2 saturated heterocycles. The van der Waals surface area contributed by atoms with Crippen LogP contribution in [0.4, 0.5) is 0 Å². The third-order valence-corrected chi connectivity index (χ3v) is 13.4. The summed E-state index contributed by atoms with van der Waals surface area (Å²) in [5.41, 5.74) is 11.7. The van der Waals surface area contributed by atoms with Crippen molar-refractivity contribution in [3.05, 3.63) is 85.1 Å². The summed E-state index contributed by atoms with van der Waals surface area (Å²) in [6.07, 6.45) is 4.13. The van der Waals surface area contributed by atoms with E-state index in [1.54, 1.807) is 81.5 Å². The number of hydrogen-bond donors (Lipinski definition) is 13. The van der Waals surface area contributed by atoms with E-state index in [0.29, 0.717) is 26.1 Å². The number of carbonyl (C=O) groups excluding carboxylic acids is 1. The maximum atomic E-state index is 12.7. The molecule has 3 aliphatic rings. The zero-order valence-corrected chi connectivity index (χ0v) is 42.1. The third kappa shape index (κ3) is 21.0. The summed E-state index contributed by atoms with van der Waals surface area (Å²) in [5.74, 6) is -6.88. The Labute approximate surface area is 423 Å². The van der Waals surface area contributed by atoms with Gasteiger partial charge in [-0.05, 0) is 52.6 Å². The number of carboxylic acid groups (broad SMARTS) is 1. The second-order valence-corrected chi connectivity index (χ2v) is 19.4. The summed E-state index contributed by atoms with van der Waals surface area (Å²) in [6, 6.07) is -0.893. The number of aliphatic hydroxyl groups is 10. The molecule has 15 N–H and O–H groups in total. The van der Waals surface area contributed by atoms with Crippen LogP contribution in [0.25, 0.3) is 0 Å². The molecule has 3 aliphatic heterocycles. The van der Waals surface area contributed by atoms with Gasteiger partial charge in [-0.25, -0.2) is 0 Å². The molecular formula is C52H85N3O17. The van der Waals surface area contributed by atoms with Crippen LogP contribution in [0.2, 0.25) is 0 Å². The molecule has 20 nitrogen and oxygen atoms in total. The Morgan fingerprint density at radius 3 is 1.86 bits per heavy atom. The molecule has 20 heteroatoms. The highest BCUT2D eigenvalue weighted by Gasteiger charge is 2.51. The van der Waals surface area contributed by atoms with E-state index in [9.17, 15) is 65.8 Å². The first-order valence-corrected chi connectivity index (χ1v) is 25.2. The van der Waals surface area contributed by atoms with Gasteiger partial charge in [0.1, 0.15) is 18.1 Å². The van der Waals surface area contributed by atoms with E-state index in [-0.39, 0.29) is 38.1 Å². The Kier molecular flexibility index (Phi) is 27.9. The molecule has 3 heterocycles. The number of carboxylic acids is 1. The van der Waals surface area contributed by atoms with E-state index in [0.717, 1.165) is 0 Å². The predicted octanol–water partition coefficient (Wildman–Crippen LogP) is 0.363. The van der Waals surface area contributed by atoms with Crippen LogP contribution in [0.1, 0.15) is 85.5 Å². The van der Waals surface area contributed by atoms with E-state index >= 15 is 0 Å². The van der Waals surface area contributed by atoms with Gasteiger partial charge in [0.05, 0.1) is 79.6 Å². The average molecular weight is 1020 g/mol. The van der Waals surface area contributed by atoms with Crippen molar-refractivity contribution in [3.63, 3.8) is 0 Å². The van der Waals surface area contributed by atoms with Crippen LogP contribution in [-0.2, 0) is 28.5 Å². The molecule has 72 heavy (non-hydrogen) atoms. The van der Waals surface area contributed by atoms with Gasteiger partial charge in [0.15, 0.2) is 12.1 Å². The number of hydrogen-bond acceptors (Lipinski definition) is 19. The zero-order valence-electron chi connectivity index (χ0n) is 42.1. The zero-order chi connectivity index (χ0) is 53.5. The van der Waals surface area contributed by atoms with Crippen molar-refractivity contribution in [1.29, 1.82) is 0 Å². The van der Waals surface area contributed by atoms with E-state index < -0.39 is 147 Å². The molecule has 410 valence electrons. The van der Waals surface area contributed by atoms with Crippen LogP contribution in [0, 0.1) is 17.8 Å². The van der Waals surface area contributed by atoms with Crippen molar-refractivity contribution >= 4 is 11.9 Å². The molecule has 2 fully saturated rings. The number of aliphatic carboxylic acids is 1. The number of carbonyl (C=O) groups is 2. The molecule has 0 aliphatic carbocycles. The lowest BCUT2D eigenvalue weighted by Gasteiger charge is -2.47. The van der Waals surface area contributed by atoms with Crippen LogP contribution in [0.5, 0.6) is 0 Å². The minimum Gasteiger partial charge on any atom is -0.481 e. The van der Waals surface area contributed by atoms with E-state index in [4.69, 9.17) is 30.4 Å². The van der Waals surface area contributed by atoms with Gasteiger partial charge in [-0.1, -0.05) is 98.9 Å². The maximum absolute atomic E-state index is 12.7. The van der Waals surface area contributed by atoms with Crippen molar-refractivity contribution in [2.45, 2.75) is 183 Å². The maximum Gasteiger partial charge on any atom is 0.311 e. The number of fused-ring (bicyclic) bond motifs is 2. The fraction of sp³-hybridized carbons (Fsp3) is 0.692. The lowest BCUT2D eigenvalue weighted by Crippen LogP contribution is -2.64. The molecule has 0 saturated carbocycles. The molecule has 3 rings (SSSR count). The fourth-order valence-corrected chi connectivity index (χ4v) is 9.22. The fourth-order valence-electron chi connectivity index (χ4n) is 9.22. The first-order chi connectivity index (χ1) is 34.1. The van der Waals surface area contributed by atoms with E-state index in [2.05, 4.69) is 0 Å². The van der Waals surface area contributed by atoms with Gasteiger partial charge >= 0.3 is 11.9 Å². The lowest BCUT2D eigenvalue weighted by molar-refractivity contribution is -0.312.